The van der Waals surface area contributed by atoms with E-state index in [9.17, 15) is 4.79 Å². The predicted octanol–water partition coefficient (Wildman–Crippen LogP) is 2.88. The maximum atomic E-state index is 12.5. The van der Waals surface area contributed by atoms with Gasteiger partial charge in [-0.05, 0) is 28.3 Å². The van der Waals surface area contributed by atoms with E-state index in [0.717, 1.165) is 17.9 Å². The first kappa shape index (κ1) is 17.0. The summed E-state index contributed by atoms with van der Waals surface area (Å²) < 4.78 is 7.88. The van der Waals surface area contributed by atoms with Crippen LogP contribution in [-0.2, 0) is 17.8 Å². The molecular weight excluding hydrogens is 324 g/mol. The molecule has 1 aliphatic rings. The first-order chi connectivity index (χ1) is 11.6. The molecule has 0 spiro atoms. The minimum Gasteiger partial charge on any atom is -0.370 e. The molecule has 1 aliphatic heterocycles. The Morgan fingerprint density at radius 2 is 2.42 bits per heavy atom. The second-order valence-electron chi connectivity index (χ2n) is 6.41. The maximum Gasteiger partial charge on any atom is 0.317 e. The van der Waals surface area contributed by atoms with E-state index in [2.05, 4.69) is 40.2 Å². The molecule has 1 N–H and O–H groups in total. The summed E-state index contributed by atoms with van der Waals surface area (Å²) in [7, 11) is 0. The van der Waals surface area contributed by atoms with Gasteiger partial charge in [0, 0.05) is 25.5 Å². The fraction of sp³-hybridized carbons (Fsp3) is 0.529. The molecule has 130 valence electrons. The number of ether oxygens (including phenoxy) is 1. The summed E-state index contributed by atoms with van der Waals surface area (Å²) in [6, 6.07) is 2.00. The molecule has 3 rings (SSSR count). The van der Waals surface area contributed by atoms with Gasteiger partial charge in [-0.25, -0.2) is 9.78 Å². The first-order valence-electron chi connectivity index (χ1n) is 8.30. The molecule has 1 saturated heterocycles. The number of nitrogens with one attached hydrogen (secondary N) is 1. The van der Waals surface area contributed by atoms with E-state index in [1.54, 1.807) is 17.5 Å². The summed E-state index contributed by atoms with van der Waals surface area (Å²) >= 11 is 1.65. The van der Waals surface area contributed by atoms with Crippen LogP contribution in [0.2, 0.25) is 0 Å². The zero-order valence-corrected chi connectivity index (χ0v) is 15.0. The summed E-state index contributed by atoms with van der Waals surface area (Å²) in [5.41, 5.74) is 1.14. The highest BCUT2D eigenvalue weighted by atomic mass is 32.1. The van der Waals surface area contributed by atoms with Gasteiger partial charge in [0.05, 0.1) is 19.7 Å². The van der Waals surface area contributed by atoms with Gasteiger partial charge < -0.3 is 19.5 Å². The molecule has 2 aromatic heterocycles. The number of nitrogens with zero attached hydrogens (tertiary/aromatic N) is 3. The third-order valence-electron chi connectivity index (χ3n) is 4.03. The normalized spacial score (nSPS) is 18.1. The third-order valence-corrected chi connectivity index (χ3v) is 4.73. The lowest BCUT2D eigenvalue weighted by Gasteiger charge is -2.32. The average Bonchev–Trinajstić information content (AvgIpc) is 3.24. The van der Waals surface area contributed by atoms with E-state index in [4.69, 9.17) is 4.74 Å². The van der Waals surface area contributed by atoms with Gasteiger partial charge >= 0.3 is 6.03 Å². The van der Waals surface area contributed by atoms with Crippen LogP contribution >= 0.6 is 11.3 Å². The number of morpholine rings is 1. The van der Waals surface area contributed by atoms with E-state index < -0.39 is 0 Å². The Bertz CT molecular complexity index is 653. The molecule has 6 nitrogen and oxygen atoms in total. The summed E-state index contributed by atoms with van der Waals surface area (Å²) in [5, 5.41) is 7.10. The molecule has 0 unspecified atom stereocenters. The maximum absolute atomic E-state index is 12.5. The van der Waals surface area contributed by atoms with E-state index >= 15 is 0 Å². The first-order valence-corrected chi connectivity index (χ1v) is 9.24. The van der Waals surface area contributed by atoms with Crippen LogP contribution in [0.25, 0.3) is 0 Å². The highest BCUT2D eigenvalue weighted by molar-refractivity contribution is 7.07. The lowest BCUT2D eigenvalue weighted by molar-refractivity contribution is -0.0152. The van der Waals surface area contributed by atoms with Crippen molar-refractivity contribution in [3.8, 4) is 0 Å². The van der Waals surface area contributed by atoms with E-state index in [0.29, 0.717) is 32.2 Å². The lowest BCUT2D eigenvalue weighted by Crippen LogP contribution is -2.47. The van der Waals surface area contributed by atoms with Crippen LogP contribution in [0, 0.1) is 5.92 Å². The molecular formula is C17H24N4O2S. The zero-order chi connectivity index (χ0) is 16.9. The Labute approximate surface area is 146 Å². The molecule has 0 radical (unpaired) electrons. The van der Waals surface area contributed by atoms with Gasteiger partial charge in [0.15, 0.2) is 0 Å². The van der Waals surface area contributed by atoms with E-state index in [1.807, 2.05) is 16.5 Å². The van der Waals surface area contributed by atoms with Gasteiger partial charge in [0.2, 0.25) is 0 Å². The van der Waals surface area contributed by atoms with Crippen molar-refractivity contribution in [3.05, 3.63) is 40.6 Å². The second kappa shape index (κ2) is 7.81. The molecule has 0 bridgehead atoms. The fourth-order valence-electron chi connectivity index (χ4n) is 2.83. The van der Waals surface area contributed by atoms with Crippen molar-refractivity contribution in [2.45, 2.75) is 33.0 Å². The number of hydrogen-bond acceptors (Lipinski definition) is 4. The molecule has 0 aliphatic carbocycles. The Hall–Kier alpha value is -1.86. The topological polar surface area (TPSA) is 59.4 Å². The molecule has 1 fully saturated rings. The van der Waals surface area contributed by atoms with Crippen molar-refractivity contribution >= 4 is 17.4 Å². The third kappa shape index (κ3) is 4.15. The molecule has 0 saturated carbocycles. The van der Waals surface area contributed by atoms with Crippen LogP contribution in [0.4, 0.5) is 4.79 Å². The summed E-state index contributed by atoms with van der Waals surface area (Å²) in [6.07, 6.45) is 3.72. The Morgan fingerprint density at radius 1 is 1.54 bits per heavy atom. The van der Waals surface area contributed by atoms with Gasteiger partial charge in [0.25, 0.3) is 0 Å². The minimum atomic E-state index is -0.0578. The number of imidazole rings is 1. The number of amides is 2. The second-order valence-corrected chi connectivity index (χ2v) is 7.19. The largest absolute Gasteiger partial charge is 0.370 e. The van der Waals surface area contributed by atoms with Gasteiger partial charge in [-0.3, -0.25) is 0 Å². The molecule has 7 heteroatoms. The number of aromatic nitrogens is 2. The molecule has 0 aromatic carbocycles. The van der Waals surface area contributed by atoms with Crippen molar-refractivity contribution in [3.63, 3.8) is 0 Å². The van der Waals surface area contributed by atoms with E-state index in [-0.39, 0.29) is 12.1 Å². The van der Waals surface area contributed by atoms with Gasteiger partial charge in [-0.15, -0.1) is 0 Å². The SMILES string of the molecule is CC(C)Cn1ccnc1CNC(=O)N1CCO[C@@H](c2ccsc2)C1. The van der Waals surface area contributed by atoms with Crippen LogP contribution in [0.3, 0.4) is 0 Å². The van der Waals surface area contributed by atoms with E-state index in [1.165, 1.54) is 0 Å². The van der Waals surface area contributed by atoms with Crippen LogP contribution in [-0.4, -0.2) is 40.2 Å². The van der Waals surface area contributed by atoms with Crippen molar-refractivity contribution in [2.75, 3.05) is 19.7 Å². The average molecular weight is 348 g/mol. The Kier molecular flexibility index (Phi) is 5.52. The summed E-state index contributed by atoms with van der Waals surface area (Å²) in [5.74, 6) is 1.43. The number of urea groups is 1. The molecule has 3 heterocycles. The quantitative estimate of drug-likeness (QED) is 0.904. The predicted molar refractivity (Wildman–Crippen MR) is 93.9 cm³/mol. The smallest absolute Gasteiger partial charge is 0.317 e. The Morgan fingerprint density at radius 3 is 3.17 bits per heavy atom. The van der Waals surface area contributed by atoms with Gasteiger partial charge in [0.1, 0.15) is 11.9 Å². The molecule has 2 aromatic rings. The number of hydrogen-bond donors (Lipinski definition) is 1. The van der Waals surface area contributed by atoms with Gasteiger partial charge in [-0.2, -0.15) is 11.3 Å². The van der Waals surface area contributed by atoms with Crippen LogP contribution in [0.1, 0.15) is 31.3 Å². The number of carbonyl (C=O) groups excluding carboxylic acids is 1. The Balaban J connectivity index is 1.54. The lowest BCUT2D eigenvalue weighted by atomic mass is 10.1. The highest BCUT2D eigenvalue weighted by Crippen LogP contribution is 2.24. The van der Waals surface area contributed by atoms with Crippen LogP contribution in [0.15, 0.2) is 29.2 Å². The van der Waals surface area contributed by atoms with Crippen molar-refractivity contribution < 1.29 is 9.53 Å². The fourth-order valence-corrected chi connectivity index (χ4v) is 3.53. The van der Waals surface area contributed by atoms with Crippen LogP contribution < -0.4 is 5.32 Å². The number of carbonyl (C=O) groups is 1. The minimum absolute atomic E-state index is 0.0290. The number of rotatable bonds is 5. The highest BCUT2D eigenvalue weighted by Gasteiger charge is 2.25. The van der Waals surface area contributed by atoms with Crippen molar-refractivity contribution in [2.24, 2.45) is 5.92 Å². The summed E-state index contributed by atoms with van der Waals surface area (Å²) in [6.45, 7) is 7.45. The van der Waals surface area contributed by atoms with Crippen molar-refractivity contribution in [1.82, 2.24) is 19.8 Å². The van der Waals surface area contributed by atoms with Gasteiger partial charge in [-0.1, -0.05) is 13.8 Å². The van der Waals surface area contributed by atoms with Crippen LogP contribution in [0.5, 0.6) is 0 Å². The zero-order valence-electron chi connectivity index (χ0n) is 14.1. The van der Waals surface area contributed by atoms with Crippen molar-refractivity contribution in [1.29, 1.82) is 0 Å². The molecule has 1 atom stereocenters. The summed E-state index contributed by atoms with van der Waals surface area (Å²) in [4.78, 5) is 18.6. The number of thiophene rings is 1. The molecule has 24 heavy (non-hydrogen) atoms. The molecule has 2 amide bonds. The monoisotopic (exact) mass is 348 g/mol. The standard InChI is InChI=1S/C17H24N4O2S/c1-13(2)10-20-5-4-18-16(20)9-19-17(22)21-6-7-23-15(11-21)14-3-8-24-12-14/h3-5,8,12-13,15H,6-7,9-11H2,1-2H3,(H,19,22)/t15-/m1/s1.